The molecule has 2 N–H and O–H groups in total. The van der Waals surface area contributed by atoms with Gasteiger partial charge < -0.3 is 39.2 Å². The van der Waals surface area contributed by atoms with E-state index in [0.29, 0.717) is 83.2 Å². The highest BCUT2D eigenvalue weighted by molar-refractivity contribution is 6.36. The van der Waals surface area contributed by atoms with Crippen LogP contribution < -0.4 is 20.1 Å². The summed E-state index contributed by atoms with van der Waals surface area (Å²) in [6, 6.07) is 3.25. The van der Waals surface area contributed by atoms with Crippen molar-refractivity contribution < 1.29 is 42.9 Å². The first-order chi connectivity index (χ1) is 27.8. The molecule has 2 aliphatic heterocycles. The molecule has 3 amide bonds. The number of ether oxygens (including phenoxy) is 5. The highest BCUT2D eigenvalue weighted by Crippen LogP contribution is 2.52. The average Bonchev–Trinajstić information content (AvgIpc) is 4.00. The van der Waals surface area contributed by atoms with Gasteiger partial charge in [-0.2, -0.15) is 0 Å². The van der Waals surface area contributed by atoms with Crippen LogP contribution in [-0.4, -0.2) is 122 Å². The Balaban J connectivity index is 1.14. The fourth-order valence-electron chi connectivity index (χ4n) is 8.85. The Morgan fingerprint density at radius 2 is 1.81 bits per heavy atom. The van der Waals surface area contributed by atoms with Crippen molar-refractivity contribution in [2.24, 2.45) is 17.8 Å². The predicted octanol–water partition coefficient (Wildman–Crippen LogP) is 5.30. The molecule has 8 atom stereocenters. The molecule has 3 saturated carbocycles. The van der Waals surface area contributed by atoms with E-state index in [0.717, 1.165) is 38.0 Å². The molecule has 15 heteroatoms. The van der Waals surface area contributed by atoms with Crippen LogP contribution in [0.5, 0.6) is 11.5 Å². The highest BCUT2D eigenvalue weighted by Gasteiger charge is 2.62. The molecule has 5 fully saturated rings. The second-order valence-electron chi connectivity index (χ2n) is 16.8. The molecule has 1 unspecified atom stereocenters. The van der Waals surface area contributed by atoms with Crippen molar-refractivity contribution in [2.75, 3.05) is 53.1 Å². The number of hydrogen-bond donors (Lipinski definition) is 2. The molecule has 2 aromatic rings. The van der Waals surface area contributed by atoms with E-state index >= 15 is 0 Å². The minimum absolute atomic E-state index is 0.00407. The Labute approximate surface area is 344 Å². The van der Waals surface area contributed by atoms with Crippen molar-refractivity contribution in [3.05, 3.63) is 46.6 Å². The number of pyridine rings is 1. The zero-order chi connectivity index (χ0) is 41.3. The maximum Gasteiger partial charge on any atom is 0.408 e. The summed E-state index contributed by atoms with van der Waals surface area (Å²) < 4.78 is 29.1. The van der Waals surface area contributed by atoms with E-state index in [2.05, 4.69) is 22.1 Å². The smallest absolute Gasteiger partial charge is 0.408 e. The predicted molar refractivity (Wildman–Crippen MR) is 217 cm³/mol. The molecule has 0 bridgehead atoms. The Morgan fingerprint density at radius 1 is 1.07 bits per heavy atom. The molecule has 314 valence electrons. The van der Waals surface area contributed by atoms with Crippen LogP contribution in [0.4, 0.5) is 4.79 Å². The van der Waals surface area contributed by atoms with E-state index in [1.165, 1.54) is 18.4 Å². The van der Waals surface area contributed by atoms with Crippen molar-refractivity contribution in [3.63, 3.8) is 0 Å². The van der Waals surface area contributed by atoms with Crippen molar-refractivity contribution in [1.82, 2.24) is 25.4 Å². The molecule has 3 aliphatic carbocycles. The molecule has 7 rings (SSSR count). The summed E-state index contributed by atoms with van der Waals surface area (Å²) in [5, 5.41) is 6.65. The summed E-state index contributed by atoms with van der Waals surface area (Å²) in [4.78, 5) is 63.4. The average molecular weight is 822 g/mol. The number of nitrogens with zero attached hydrogens (tertiary/aromatic N) is 3. The lowest BCUT2D eigenvalue weighted by Crippen LogP contribution is -2.56. The molecule has 2 saturated heterocycles. The lowest BCUT2D eigenvalue weighted by atomic mass is 10.1. The third-order valence-corrected chi connectivity index (χ3v) is 12.5. The maximum absolute atomic E-state index is 14.5. The molecule has 1 aromatic heterocycles. The first kappa shape index (κ1) is 41.7. The van der Waals surface area contributed by atoms with Gasteiger partial charge in [-0.1, -0.05) is 37.1 Å². The SMILES string of the molecule is C=C(C)[C@H](NC(=O)OC1C[C@@H]2C[C@@H]2C1)C(=O)N1C[C@H](Oc2cc(C=C(C)C)nc3c(Cl)c(OCCN4CCOCC4)ccc23)C[C@H]1C(=O)N[C@]1(C(=O)OC)C[C@H]1CC. The van der Waals surface area contributed by atoms with Crippen LogP contribution in [0.1, 0.15) is 71.9 Å². The van der Waals surface area contributed by atoms with Gasteiger partial charge in [-0.15, -0.1) is 0 Å². The minimum atomic E-state index is -1.18. The number of methoxy groups -OCH3 is 1. The Kier molecular flexibility index (Phi) is 12.6. The minimum Gasteiger partial charge on any atom is -0.491 e. The van der Waals surface area contributed by atoms with Gasteiger partial charge in [0, 0.05) is 37.5 Å². The molecule has 1 aromatic carbocycles. The zero-order valence-corrected chi connectivity index (χ0v) is 34.9. The number of rotatable bonds is 15. The number of aromatic nitrogens is 1. The number of halogens is 1. The summed E-state index contributed by atoms with van der Waals surface area (Å²) in [6.45, 7) is 15.8. The first-order valence-corrected chi connectivity index (χ1v) is 20.9. The normalized spacial score (nSPS) is 27.9. The second-order valence-corrected chi connectivity index (χ2v) is 17.1. The van der Waals surface area contributed by atoms with Crippen LogP contribution in [0.15, 0.2) is 35.9 Å². The fraction of sp³-hybridized carbons (Fsp3) is 0.605. The van der Waals surface area contributed by atoms with Crippen molar-refractivity contribution >= 4 is 52.5 Å². The van der Waals surface area contributed by atoms with E-state index in [1.807, 2.05) is 39.0 Å². The molecule has 0 radical (unpaired) electrons. The number of hydrogen-bond acceptors (Lipinski definition) is 11. The number of benzene rings is 1. The van der Waals surface area contributed by atoms with Crippen LogP contribution in [-0.2, 0) is 28.6 Å². The van der Waals surface area contributed by atoms with Crippen LogP contribution in [0.25, 0.3) is 17.0 Å². The number of fused-ring (bicyclic) bond motifs is 2. The van der Waals surface area contributed by atoms with E-state index in [4.69, 9.17) is 40.3 Å². The van der Waals surface area contributed by atoms with Gasteiger partial charge in [-0.3, -0.25) is 14.5 Å². The second kappa shape index (κ2) is 17.4. The molecule has 3 heterocycles. The highest BCUT2D eigenvalue weighted by atomic mass is 35.5. The third kappa shape index (κ3) is 9.08. The molecule has 0 spiro atoms. The van der Waals surface area contributed by atoms with Crippen LogP contribution in [0, 0.1) is 17.8 Å². The Hall–Kier alpha value is -4.40. The quantitative estimate of drug-likeness (QED) is 0.178. The summed E-state index contributed by atoms with van der Waals surface area (Å²) in [5.74, 6) is 0.501. The molecule has 14 nitrogen and oxygen atoms in total. The van der Waals surface area contributed by atoms with Crippen LogP contribution in [0.3, 0.4) is 0 Å². The number of carbonyl (C=O) groups is 4. The van der Waals surface area contributed by atoms with Crippen molar-refractivity contribution in [2.45, 2.75) is 96.1 Å². The van der Waals surface area contributed by atoms with E-state index in [1.54, 1.807) is 13.0 Å². The number of morpholine rings is 1. The Bertz CT molecular complexity index is 1950. The third-order valence-electron chi connectivity index (χ3n) is 12.2. The summed E-state index contributed by atoms with van der Waals surface area (Å²) in [6.07, 6.45) is 4.37. The topological polar surface area (TPSA) is 158 Å². The lowest BCUT2D eigenvalue weighted by molar-refractivity contribution is -0.148. The lowest BCUT2D eigenvalue weighted by Gasteiger charge is -2.30. The molecule has 5 aliphatic rings. The number of likely N-dealkylation sites (tertiary alicyclic amines) is 1. The summed E-state index contributed by atoms with van der Waals surface area (Å²) in [7, 11) is 1.29. The van der Waals surface area contributed by atoms with Gasteiger partial charge >= 0.3 is 12.1 Å². The van der Waals surface area contributed by atoms with E-state index < -0.39 is 47.6 Å². The van der Waals surface area contributed by atoms with Crippen molar-refractivity contribution in [3.8, 4) is 11.5 Å². The number of alkyl carbamates (subject to hydrolysis) is 1. The molecular weight excluding hydrogens is 766 g/mol. The van der Waals surface area contributed by atoms with E-state index in [-0.39, 0.29) is 25.0 Å². The Morgan fingerprint density at radius 3 is 2.47 bits per heavy atom. The molecular formula is C43H56ClN5O9. The number of esters is 1. The van der Waals surface area contributed by atoms with Gasteiger partial charge in [-0.05, 0) is 88.0 Å². The number of allylic oxidation sites excluding steroid dienone is 1. The van der Waals surface area contributed by atoms with Gasteiger partial charge in [0.1, 0.15) is 53.0 Å². The van der Waals surface area contributed by atoms with E-state index in [9.17, 15) is 19.2 Å². The van der Waals surface area contributed by atoms with Gasteiger partial charge in [0.2, 0.25) is 11.8 Å². The van der Waals surface area contributed by atoms with Crippen LogP contribution >= 0.6 is 11.6 Å². The summed E-state index contributed by atoms with van der Waals surface area (Å²) in [5.41, 5.74) is 1.31. The fourth-order valence-corrected chi connectivity index (χ4v) is 9.11. The number of amides is 3. The standard InChI is InChI=1S/C43H56ClN5O9/c1-7-28-22-43(28,41(52)54-6)47-39(50)33-21-31(23-49(33)40(51)37(25(4)5)46-42(53)58-30-18-26-17-27(26)19-30)57-35-20-29(16-24(2)3)45-38-32(35)8-9-34(36(38)44)56-15-12-48-10-13-55-14-11-48/h8-9,16,20,26-28,30-31,33,37H,4,7,10-15,17-19,21-23H2,1-3,5-6H3,(H,46,53)(H,47,50)/t26-,27+,28-,30?,31-,33+,37+,43-/m1/s1. The van der Waals surface area contributed by atoms with Crippen LogP contribution in [0.2, 0.25) is 5.02 Å². The molecule has 58 heavy (non-hydrogen) atoms. The maximum atomic E-state index is 14.5. The largest absolute Gasteiger partial charge is 0.491 e. The monoisotopic (exact) mass is 821 g/mol. The number of nitrogens with one attached hydrogen (secondary N) is 2. The number of carbonyl (C=O) groups excluding carboxylic acids is 4. The first-order valence-electron chi connectivity index (χ1n) is 20.5. The van der Waals surface area contributed by atoms with Crippen molar-refractivity contribution in [1.29, 1.82) is 0 Å². The summed E-state index contributed by atoms with van der Waals surface area (Å²) >= 11 is 6.99. The van der Waals surface area contributed by atoms with Gasteiger partial charge in [0.25, 0.3) is 0 Å². The van der Waals surface area contributed by atoms with Gasteiger partial charge in [-0.25, -0.2) is 14.6 Å². The van der Waals surface area contributed by atoms with Gasteiger partial charge in [0.15, 0.2) is 0 Å². The van der Waals surface area contributed by atoms with Gasteiger partial charge in [0.05, 0.1) is 38.1 Å². The zero-order valence-electron chi connectivity index (χ0n) is 34.1.